The molecular weight excluding hydrogens is 371 g/mol. The molecule has 28 heavy (non-hydrogen) atoms. The SMILES string of the molecule is CCCCCn1c(O)c(C=Nc2ccccc2C(F)(F)F)c(C)c(C#N)c1=O. The Morgan fingerprint density at radius 2 is 1.96 bits per heavy atom. The monoisotopic (exact) mass is 391 g/mol. The van der Waals surface area contributed by atoms with Gasteiger partial charge in [-0.15, -0.1) is 0 Å². The molecule has 1 N–H and O–H groups in total. The summed E-state index contributed by atoms with van der Waals surface area (Å²) in [4.78, 5) is 16.3. The molecule has 8 heteroatoms. The summed E-state index contributed by atoms with van der Waals surface area (Å²) in [7, 11) is 0. The number of para-hydroxylation sites is 1. The molecule has 0 aliphatic carbocycles. The molecule has 148 valence electrons. The second-order valence-corrected chi connectivity index (χ2v) is 6.29. The second-order valence-electron chi connectivity index (χ2n) is 6.29. The molecule has 0 bridgehead atoms. The van der Waals surface area contributed by atoms with Crippen molar-refractivity contribution < 1.29 is 18.3 Å². The van der Waals surface area contributed by atoms with Crippen LogP contribution in [0.25, 0.3) is 0 Å². The first-order chi connectivity index (χ1) is 13.2. The van der Waals surface area contributed by atoms with E-state index >= 15 is 0 Å². The number of aromatic nitrogens is 1. The summed E-state index contributed by atoms with van der Waals surface area (Å²) in [5.41, 5.74) is -1.81. The Kier molecular flexibility index (Phi) is 6.62. The van der Waals surface area contributed by atoms with Crippen molar-refractivity contribution in [3.8, 4) is 11.9 Å². The van der Waals surface area contributed by atoms with Crippen LogP contribution in [0.1, 0.15) is 48.4 Å². The van der Waals surface area contributed by atoms with Crippen LogP contribution in [0.3, 0.4) is 0 Å². The third-order valence-electron chi connectivity index (χ3n) is 4.37. The number of pyridine rings is 1. The summed E-state index contributed by atoms with van der Waals surface area (Å²) in [5, 5.41) is 19.8. The maximum Gasteiger partial charge on any atom is 0.418 e. The quantitative estimate of drug-likeness (QED) is 0.573. The molecule has 0 atom stereocenters. The number of rotatable bonds is 6. The highest BCUT2D eigenvalue weighted by Gasteiger charge is 2.33. The van der Waals surface area contributed by atoms with E-state index in [4.69, 9.17) is 0 Å². The number of nitrogens with zero attached hydrogens (tertiary/aromatic N) is 3. The summed E-state index contributed by atoms with van der Waals surface area (Å²) in [5.74, 6) is -0.411. The largest absolute Gasteiger partial charge is 0.494 e. The molecule has 5 nitrogen and oxygen atoms in total. The zero-order valence-corrected chi connectivity index (χ0v) is 15.5. The lowest BCUT2D eigenvalue weighted by Gasteiger charge is -2.14. The van der Waals surface area contributed by atoms with Gasteiger partial charge < -0.3 is 5.11 Å². The van der Waals surface area contributed by atoms with Gasteiger partial charge in [-0.3, -0.25) is 14.4 Å². The predicted octanol–water partition coefficient (Wildman–Crippen LogP) is 4.69. The van der Waals surface area contributed by atoms with Gasteiger partial charge in [0.25, 0.3) is 5.56 Å². The number of aromatic hydroxyl groups is 1. The van der Waals surface area contributed by atoms with Crippen molar-refractivity contribution in [1.82, 2.24) is 4.57 Å². The van der Waals surface area contributed by atoms with E-state index in [2.05, 4.69) is 4.99 Å². The van der Waals surface area contributed by atoms with Crippen molar-refractivity contribution in [2.75, 3.05) is 0 Å². The van der Waals surface area contributed by atoms with E-state index in [1.54, 1.807) is 0 Å². The predicted molar refractivity (Wildman–Crippen MR) is 100 cm³/mol. The molecule has 2 aromatic rings. The number of aliphatic imine (C=N–C) groups is 1. The van der Waals surface area contributed by atoms with Crippen molar-refractivity contribution in [2.24, 2.45) is 4.99 Å². The van der Waals surface area contributed by atoms with Crippen LogP contribution in [0, 0.1) is 18.3 Å². The van der Waals surface area contributed by atoms with E-state index in [0.29, 0.717) is 6.42 Å². The van der Waals surface area contributed by atoms with E-state index in [9.17, 15) is 28.3 Å². The van der Waals surface area contributed by atoms with Gasteiger partial charge in [0.15, 0.2) is 0 Å². The highest BCUT2D eigenvalue weighted by Crippen LogP contribution is 2.36. The molecule has 0 aliphatic rings. The van der Waals surface area contributed by atoms with Crippen molar-refractivity contribution in [3.05, 3.63) is 56.9 Å². The fourth-order valence-corrected chi connectivity index (χ4v) is 2.81. The normalized spacial score (nSPS) is 11.7. The number of alkyl halides is 3. The standard InChI is InChI=1S/C20H20F3N3O2/c1-3-4-7-10-26-18(27)14(11-24)13(2)15(19(26)28)12-25-17-9-6-5-8-16(17)20(21,22)23/h5-6,8-9,12,28H,3-4,7,10H2,1-2H3. The van der Waals surface area contributed by atoms with Gasteiger partial charge in [-0.1, -0.05) is 31.9 Å². The summed E-state index contributed by atoms with van der Waals surface area (Å²) >= 11 is 0. The molecule has 1 aromatic carbocycles. The van der Waals surface area contributed by atoms with Gasteiger partial charge in [-0.25, -0.2) is 0 Å². The van der Waals surface area contributed by atoms with Crippen molar-refractivity contribution in [2.45, 2.75) is 45.8 Å². The van der Waals surface area contributed by atoms with Gasteiger partial charge >= 0.3 is 6.18 Å². The first-order valence-electron chi connectivity index (χ1n) is 8.79. The van der Waals surface area contributed by atoms with Crippen molar-refractivity contribution in [3.63, 3.8) is 0 Å². The molecule has 0 fully saturated rings. The van der Waals surface area contributed by atoms with E-state index in [1.807, 2.05) is 13.0 Å². The summed E-state index contributed by atoms with van der Waals surface area (Å²) < 4.78 is 40.5. The summed E-state index contributed by atoms with van der Waals surface area (Å²) in [6.07, 6.45) is -1.18. The van der Waals surface area contributed by atoms with Crippen LogP contribution < -0.4 is 5.56 Å². The van der Waals surface area contributed by atoms with Crippen LogP contribution in [0.5, 0.6) is 5.88 Å². The zero-order valence-electron chi connectivity index (χ0n) is 15.5. The lowest BCUT2D eigenvalue weighted by atomic mass is 10.1. The molecule has 0 radical (unpaired) electrons. The lowest BCUT2D eigenvalue weighted by molar-refractivity contribution is -0.137. The molecule has 0 unspecified atom stereocenters. The Morgan fingerprint density at radius 3 is 2.57 bits per heavy atom. The van der Waals surface area contributed by atoms with Gasteiger partial charge in [-0.05, 0) is 31.0 Å². The third-order valence-corrected chi connectivity index (χ3v) is 4.37. The first-order valence-corrected chi connectivity index (χ1v) is 8.79. The zero-order chi connectivity index (χ0) is 20.9. The fraction of sp³-hybridized carbons (Fsp3) is 0.350. The first kappa shape index (κ1) is 21.2. The second kappa shape index (κ2) is 8.74. The van der Waals surface area contributed by atoms with E-state index in [-0.39, 0.29) is 28.9 Å². The average molecular weight is 391 g/mol. The lowest BCUT2D eigenvalue weighted by Crippen LogP contribution is -2.25. The molecular formula is C20H20F3N3O2. The van der Waals surface area contributed by atoms with Crippen molar-refractivity contribution >= 4 is 11.9 Å². The minimum atomic E-state index is -4.58. The number of nitriles is 1. The van der Waals surface area contributed by atoms with Gasteiger partial charge in [0.2, 0.25) is 5.88 Å². The Bertz CT molecular complexity index is 986. The molecule has 2 rings (SSSR count). The highest BCUT2D eigenvalue weighted by atomic mass is 19.4. The van der Waals surface area contributed by atoms with Gasteiger partial charge in [0.1, 0.15) is 11.6 Å². The molecule has 0 amide bonds. The van der Waals surface area contributed by atoms with Crippen LogP contribution >= 0.6 is 0 Å². The van der Waals surface area contributed by atoms with Crippen molar-refractivity contribution in [1.29, 1.82) is 5.26 Å². The van der Waals surface area contributed by atoms with Crippen LogP contribution in [-0.2, 0) is 12.7 Å². The maximum atomic E-state index is 13.1. The van der Waals surface area contributed by atoms with Gasteiger partial charge in [-0.2, -0.15) is 18.4 Å². The Morgan fingerprint density at radius 1 is 1.29 bits per heavy atom. The van der Waals surface area contributed by atoms with Crippen LogP contribution in [0.2, 0.25) is 0 Å². The number of hydrogen-bond donors (Lipinski definition) is 1. The molecule has 0 saturated heterocycles. The minimum Gasteiger partial charge on any atom is -0.494 e. The summed E-state index contributed by atoms with van der Waals surface area (Å²) in [6, 6.07) is 6.59. The van der Waals surface area contributed by atoms with E-state index in [0.717, 1.165) is 29.7 Å². The topological polar surface area (TPSA) is 78.4 Å². The highest BCUT2D eigenvalue weighted by molar-refractivity contribution is 5.87. The molecule has 0 spiro atoms. The Hall–Kier alpha value is -3.08. The number of benzene rings is 1. The van der Waals surface area contributed by atoms with Crippen LogP contribution in [-0.4, -0.2) is 15.9 Å². The van der Waals surface area contributed by atoms with E-state index < -0.39 is 23.2 Å². The van der Waals surface area contributed by atoms with E-state index in [1.165, 1.54) is 25.1 Å². The maximum absolute atomic E-state index is 13.1. The molecule has 0 saturated carbocycles. The summed E-state index contributed by atoms with van der Waals surface area (Å²) in [6.45, 7) is 3.63. The number of unbranched alkanes of at least 4 members (excludes halogenated alkanes) is 2. The minimum absolute atomic E-state index is 0.0460. The smallest absolute Gasteiger partial charge is 0.418 e. The molecule has 0 aliphatic heterocycles. The van der Waals surface area contributed by atoms with Gasteiger partial charge in [0, 0.05) is 12.8 Å². The van der Waals surface area contributed by atoms with Crippen LogP contribution in [0.15, 0.2) is 34.1 Å². The molecule has 1 aromatic heterocycles. The Balaban J connectivity index is 2.58. The van der Waals surface area contributed by atoms with Crippen LogP contribution in [0.4, 0.5) is 18.9 Å². The molecule has 1 heterocycles. The van der Waals surface area contributed by atoms with Gasteiger partial charge in [0.05, 0.1) is 16.8 Å². The number of hydrogen-bond acceptors (Lipinski definition) is 4. The fourth-order valence-electron chi connectivity index (χ4n) is 2.81. The Labute approximate surface area is 160 Å². The number of halogens is 3. The third kappa shape index (κ3) is 4.42. The average Bonchev–Trinajstić information content (AvgIpc) is 2.64.